The summed E-state index contributed by atoms with van der Waals surface area (Å²) in [5, 5.41) is 3.66. The molecule has 1 aromatic carbocycles. The Kier molecular flexibility index (Phi) is 6.52. The van der Waals surface area contributed by atoms with Gasteiger partial charge in [0.1, 0.15) is 5.75 Å². The highest BCUT2D eigenvalue weighted by molar-refractivity contribution is 5.28. The summed E-state index contributed by atoms with van der Waals surface area (Å²) >= 11 is 0. The Bertz CT molecular complexity index is 398. The topological polar surface area (TPSA) is 24.5 Å². The quantitative estimate of drug-likeness (QED) is 0.793. The highest BCUT2D eigenvalue weighted by Crippen LogP contribution is 2.18. The van der Waals surface area contributed by atoms with Crippen LogP contribution in [0.15, 0.2) is 24.3 Å². The van der Waals surface area contributed by atoms with E-state index in [1.54, 1.807) is 0 Å². The molecule has 3 heteroatoms. The Labute approximate surface area is 129 Å². The first-order valence-electron chi connectivity index (χ1n) is 8.37. The molecule has 0 amide bonds. The summed E-state index contributed by atoms with van der Waals surface area (Å²) < 4.78 is 5.49. The number of nitrogens with one attached hydrogen (secondary N) is 1. The second-order valence-corrected chi connectivity index (χ2v) is 6.24. The van der Waals surface area contributed by atoms with Crippen LogP contribution in [0.1, 0.15) is 45.2 Å². The summed E-state index contributed by atoms with van der Waals surface area (Å²) in [5.74, 6) is 1.66. The second-order valence-electron chi connectivity index (χ2n) is 6.24. The fraction of sp³-hybridized carbons (Fsp3) is 0.667. The lowest BCUT2D eigenvalue weighted by Crippen LogP contribution is -2.32. The predicted octanol–water partition coefficient (Wildman–Crippen LogP) is 3.47. The van der Waals surface area contributed by atoms with Crippen molar-refractivity contribution in [1.29, 1.82) is 0 Å². The van der Waals surface area contributed by atoms with Gasteiger partial charge in [-0.2, -0.15) is 0 Å². The average molecular weight is 290 g/mol. The molecule has 0 saturated carbocycles. The summed E-state index contributed by atoms with van der Waals surface area (Å²) in [6, 6.07) is 8.83. The number of hydrogen-bond donors (Lipinski definition) is 1. The van der Waals surface area contributed by atoms with E-state index in [2.05, 4.69) is 48.3 Å². The minimum Gasteiger partial charge on any atom is -0.494 e. The van der Waals surface area contributed by atoms with Gasteiger partial charge in [-0.3, -0.25) is 0 Å². The Morgan fingerprint density at radius 3 is 2.43 bits per heavy atom. The van der Waals surface area contributed by atoms with Crippen molar-refractivity contribution in [1.82, 2.24) is 10.2 Å². The molecule has 0 aromatic heterocycles. The second kappa shape index (κ2) is 8.40. The molecule has 2 rings (SSSR count). The minimum absolute atomic E-state index is 0.390. The van der Waals surface area contributed by atoms with Gasteiger partial charge in [0.15, 0.2) is 0 Å². The van der Waals surface area contributed by atoms with Gasteiger partial charge in [0.05, 0.1) is 6.61 Å². The van der Waals surface area contributed by atoms with Crippen LogP contribution in [-0.2, 0) is 0 Å². The van der Waals surface area contributed by atoms with Crippen molar-refractivity contribution in [3.05, 3.63) is 29.8 Å². The monoisotopic (exact) mass is 290 g/mol. The SMILES string of the molecule is CCOc1ccc(C(C)NCC(C)CN2CCCC2)cc1. The summed E-state index contributed by atoms with van der Waals surface area (Å²) in [6.07, 6.45) is 2.76. The molecule has 1 aliphatic heterocycles. The maximum Gasteiger partial charge on any atom is 0.119 e. The van der Waals surface area contributed by atoms with E-state index in [0.717, 1.165) is 18.9 Å². The molecule has 1 aliphatic rings. The smallest absolute Gasteiger partial charge is 0.119 e. The molecule has 1 saturated heterocycles. The van der Waals surface area contributed by atoms with E-state index in [9.17, 15) is 0 Å². The molecule has 0 bridgehead atoms. The van der Waals surface area contributed by atoms with E-state index >= 15 is 0 Å². The van der Waals surface area contributed by atoms with Crippen LogP contribution in [-0.4, -0.2) is 37.7 Å². The van der Waals surface area contributed by atoms with Gasteiger partial charge in [-0.15, -0.1) is 0 Å². The van der Waals surface area contributed by atoms with E-state index in [4.69, 9.17) is 4.74 Å². The number of benzene rings is 1. The molecule has 1 aromatic rings. The molecule has 118 valence electrons. The van der Waals surface area contributed by atoms with Crippen molar-refractivity contribution in [3.63, 3.8) is 0 Å². The highest BCUT2D eigenvalue weighted by Gasteiger charge is 2.15. The first-order valence-corrected chi connectivity index (χ1v) is 8.37. The Morgan fingerprint density at radius 1 is 1.14 bits per heavy atom. The summed E-state index contributed by atoms with van der Waals surface area (Å²) in [5.41, 5.74) is 1.33. The van der Waals surface area contributed by atoms with Gasteiger partial charge in [0.2, 0.25) is 0 Å². The van der Waals surface area contributed by atoms with Crippen molar-refractivity contribution >= 4 is 0 Å². The van der Waals surface area contributed by atoms with Crippen molar-refractivity contribution in [2.24, 2.45) is 5.92 Å². The van der Waals surface area contributed by atoms with Crippen molar-refractivity contribution < 1.29 is 4.74 Å². The summed E-state index contributed by atoms with van der Waals surface area (Å²) in [4.78, 5) is 2.59. The van der Waals surface area contributed by atoms with Gasteiger partial charge >= 0.3 is 0 Å². The number of ether oxygens (including phenoxy) is 1. The normalized spacial score (nSPS) is 18.6. The van der Waals surface area contributed by atoms with Crippen LogP contribution in [0.4, 0.5) is 0 Å². The average Bonchev–Trinajstić information content (AvgIpc) is 2.99. The van der Waals surface area contributed by atoms with Crippen LogP contribution in [0.5, 0.6) is 5.75 Å². The Hall–Kier alpha value is -1.06. The van der Waals surface area contributed by atoms with E-state index in [1.165, 1.54) is 38.0 Å². The van der Waals surface area contributed by atoms with Crippen molar-refractivity contribution in [2.45, 2.75) is 39.7 Å². The molecule has 0 aliphatic carbocycles. The molecule has 1 N–H and O–H groups in total. The number of hydrogen-bond acceptors (Lipinski definition) is 3. The number of rotatable bonds is 8. The fourth-order valence-electron chi connectivity index (χ4n) is 2.99. The maximum atomic E-state index is 5.49. The molecule has 3 nitrogen and oxygen atoms in total. The molecule has 1 fully saturated rings. The van der Waals surface area contributed by atoms with Crippen LogP contribution < -0.4 is 10.1 Å². The molecule has 2 unspecified atom stereocenters. The molecule has 21 heavy (non-hydrogen) atoms. The number of likely N-dealkylation sites (tertiary alicyclic amines) is 1. The third-order valence-corrected chi connectivity index (χ3v) is 4.23. The minimum atomic E-state index is 0.390. The molecule has 0 radical (unpaired) electrons. The van der Waals surface area contributed by atoms with E-state index in [1.807, 2.05) is 6.92 Å². The summed E-state index contributed by atoms with van der Waals surface area (Å²) in [7, 11) is 0. The first kappa shape index (κ1) is 16.3. The van der Waals surface area contributed by atoms with Crippen LogP contribution >= 0.6 is 0 Å². The summed E-state index contributed by atoms with van der Waals surface area (Å²) in [6.45, 7) is 12.2. The fourth-order valence-corrected chi connectivity index (χ4v) is 2.99. The van der Waals surface area contributed by atoms with Gasteiger partial charge in [-0.25, -0.2) is 0 Å². The third-order valence-electron chi connectivity index (χ3n) is 4.23. The third kappa shape index (κ3) is 5.33. The lowest BCUT2D eigenvalue weighted by Gasteiger charge is -2.22. The predicted molar refractivity (Wildman–Crippen MR) is 88.9 cm³/mol. The molecule has 1 heterocycles. The molecular formula is C18H30N2O. The van der Waals surface area contributed by atoms with Gasteiger partial charge in [0, 0.05) is 12.6 Å². The first-order chi connectivity index (χ1) is 10.2. The molecular weight excluding hydrogens is 260 g/mol. The Morgan fingerprint density at radius 2 is 1.81 bits per heavy atom. The van der Waals surface area contributed by atoms with Crippen molar-refractivity contribution in [3.8, 4) is 5.75 Å². The van der Waals surface area contributed by atoms with Crippen LogP contribution in [0.25, 0.3) is 0 Å². The number of nitrogens with zero attached hydrogens (tertiary/aromatic N) is 1. The molecule has 0 spiro atoms. The van der Waals surface area contributed by atoms with E-state index in [0.29, 0.717) is 12.0 Å². The van der Waals surface area contributed by atoms with Gasteiger partial charge < -0.3 is 15.0 Å². The van der Waals surface area contributed by atoms with Gasteiger partial charge in [0.25, 0.3) is 0 Å². The van der Waals surface area contributed by atoms with Crippen LogP contribution in [0.3, 0.4) is 0 Å². The maximum absolute atomic E-state index is 5.49. The zero-order chi connectivity index (χ0) is 15.1. The van der Waals surface area contributed by atoms with E-state index in [-0.39, 0.29) is 0 Å². The van der Waals surface area contributed by atoms with Gasteiger partial charge in [-0.05, 0) is 69.9 Å². The zero-order valence-electron chi connectivity index (χ0n) is 13.8. The lowest BCUT2D eigenvalue weighted by molar-refractivity contribution is 0.279. The van der Waals surface area contributed by atoms with E-state index < -0.39 is 0 Å². The lowest BCUT2D eigenvalue weighted by atomic mass is 10.1. The Balaban J connectivity index is 1.73. The van der Waals surface area contributed by atoms with Crippen molar-refractivity contribution in [2.75, 3.05) is 32.8 Å². The van der Waals surface area contributed by atoms with Crippen LogP contribution in [0, 0.1) is 5.92 Å². The largest absolute Gasteiger partial charge is 0.494 e. The standard InChI is InChI=1S/C18H30N2O/c1-4-21-18-9-7-17(8-10-18)16(3)19-13-15(2)14-20-11-5-6-12-20/h7-10,15-16,19H,4-6,11-14H2,1-3H3. The highest BCUT2D eigenvalue weighted by atomic mass is 16.5. The van der Waals surface area contributed by atoms with Gasteiger partial charge in [-0.1, -0.05) is 19.1 Å². The molecule has 2 atom stereocenters. The van der Waals surface area contributed by atoms with Crippen LogP contribution in [0.2, 0.25) is 0 Å². The zero-order valence-corrected chi connectivity index (χ0v) is 13.8.